The third-order valence-electron chi connectivity index (χ3n) is 3.84. The molecule has 0 fully saturated rings. The second kappa shape index (κ2) is 9.24. The zero-order valence-electron chi connectivity index (χ0n) is 15.0. The maximum absolute atomic E-state index is 12.1. The van der Waals surface area contributed by atoms with Crippen molar-refractivity contribution in [2.75, 3.05) is 24.2 Å². The van der Waals surface area contributed by atoms with Crippen molar-refractivity contribution in [1.82, 2.24) is 5.32 Å². The third kappa shape index (κ3) is 6.07. The number of hydrogen-bond donors (Lipinski definition) is 1. The minimum atomic E-state index is -3.45. The first-order chi connectivity index (χ1) is 12.4. The standard InChI is InChI=1S/C19H24N2O4S/c1-25-18-11-6-10-17(14-18)21(26(2,23)24)13-7-12-19(22)20-15-16-8-4-3-5-9-16/h3-6,8-11,14H,7,12-13,15H2,1-2H3,(H,20,22). The van der Waals surface area contributed by atoms with Gasteiger partial charge >= 0.3 is 0 Å². The fraction of sp³-hybridized carbons (Fsp3) is 0.316. The van der Waals surface area contributed by atoms with Crippen LogP contribution in [-0.4, -0.2) is 34.2 Å². The van der Waals surface area contributed by atoms with Gasteiger partial charge in [0.25, 0.3) is 0 Å². The second-order valence-electron chi connectivity index (χ2n) is 5.90. The van der Waals surface area contributed by atoms with E-state index < -0.39 is 10.0 Å². The first-order valence-electron chi connectivity index (χ1n) is 8.32. The van der Waals surface area contributed by atoms with E-state index in [2.05, 4.69) is 5.32 Å². The minimum Gasteiger partial charge on any atom is -0.497 e. The number of ether oxygens (including phenoxy) is 1. The number of anilines is 1. The van der Waals surface area contributed by atoms with Crippen LogP contribution in [0.25, 0.3) is 0 Å². The molecule has 0 radical (unpaired) electrons. The first kappa shape index (κ1) is 19.8. The molecule has 2 aromatic carbocycles. The van der Waals surface area contributed by atoms with Crippen LogP contribution in [0, 0.1) is 0 Å². The molecule has 0 saturated carbocycles. The Balaban J connectivity index is 1.90. The number of rotatable bonds is 9. The topological polar surface area (TPSA) is 75.7 Å². The average molecular weight is 376 g/mol. The number of methoxy groups -OCH3 is 1. The first-order valence-corrected chi connectivity index (χ1v) is 10.2. The zero-order chi connectivity index (χ0) is 19.0. The van der Waals surface area contributed by atoms with E-state index in [9.17, 15) is 13.2 Å². The van der Waals surface area contributed by atoms with Crippen LogP contribution in [-0.2, 0) is 21.4 Å². The van der Waals surface area contributed by atoms with Gasteiger partial charge in [0, 0.05) is 25.6 Å². The van der Waals surface area contributed by atoms with Gasteiger partial charge in [-0.3, -0.25) is 9.10 Å². The second-order valence-corrected chi connectivity index (χ2v) is 7.81. The number of benzene rings is 2. The summed E-state index contributed by atoms with van der Waals surface area (Å²) in [4.78, 5) is 12.0. The molecular weight excluding hydrogens is 352 g/mol. The number of carbonyl (C=O) groups excluding carboxylic acids is 1. The fourth-order valence-electron chi connectivity index (χ4n) is 2.52. The summed E-state index contributed by atoms with van der Waals surface area (Å²) in [5.74, 6) is 0.477. The van der Waals surface area contributed by atoms with Crippen molar-refractivity contribution >= 4 is 21.6 Å². The molecule has 0 heterocycles. The Bertz CT molecular complexity index is 822. The number of nitrogens with one attached hydrogen (secondary N) is 1. The molecule has 2 rings (SSSR count). The Morgan fingerprint density at radius 3 is 2.50 bits per heavy atom. The molecule has 0 aliphatic rings. The lowest BCUT2D eigenvalue weighted by Gasteiger charge is -2.22. The molecule has 140 valence electrons. The van der Waals surface area contributed by atoms with E-state index in [0.29, 0.717) is 24.4 Å². The molecule has 0 saturated heterocycles. The molecule has 2 aromatic rings. The SMILES string of the molecule is COc1cccc(N(CCCC(=O)NCc2ccccc2)S(C)(=O)=O)c1. The van der Waals surface area contributed by atoms with Crippen LogP contribution in [0.2, 0.25) is 0 Å². The summed E-state index contributed by atoms with van der Waals surface area (Å²) in [6, 6.07) is 16.5. The van der Waals surface area contributed by atoms with Crippen LogP contribution in [0.4, 0.5) is 5.69 Å². The van der Waals surface area contributed by atoms with Gasteiger partial charge in [0.05, 0.1) is 19.1 Å². The van der Waals surface area contributed by atoms with E-state index in [1.54, 1.807) is 24.3 Å². The summed E-state index contributed by atoms with van der Waals surface area (Å²) in [5.41, 5.74) is 1.55. The highest BCUT2D eigenvalue weighted by Gasteiger charge is 2.18. The summed E-state index contributed by atoms with van der Waals surface area (Å²) in [6.45, 7) is 0.691. The predicted molar refractivity (Wildman–Crippen MR) is 103 cm³/mol. The van der Waals surface area contributed by atoms with Gasteiger partial charge in [-0.25, -0.2) is 8.42 Å². The summed E-state index contributed by atoms with van der Waals surface area (Å²) in [6.07, 6.45) is 1.83. The summed E-state index contributed by atoms with van der Waals surface area (Å²) in [7, 11) is -1.92. The minimum absolute atomic E-state index is 0.104. The van der Waals surface area contributed by atoms with Crippen molar-refractivity contribution in [3.05, 3.63) is 60.2 Å². The molecule has 0 aliphatic carbocycles. The zero-order valence-corrected chi connectivity index (χ0v) is 15.8. The van der Waals surface area contributed by atoms with Gasteiger partial charge in [-0.2, -0.15) is 0 Å². The van der Waals surface area contributed by atoms with E-state index >= 15 is 0 Å². The highest BCUT2D eigenvalue weighted by atomic mass is 32.2. The molecule has 0 unspecified atom stereocenters. The highest BCUT2D eigenvalue weighted by Crippen LogP contribution is 2.23. The predicted octanol–water partition coefficient (Wildman–Crippen LogP) is 2.56. The maximum atomic E-state index is 12.1. The van der Waals surface area contributed by atoms with Crippen molar-refractivity contribution in [3.63, 3.8) is 0 Å². The van der Waals surface area contributed by atoms with Crippen LogP contribution in [0.5, 0.6) is 5.75 Å². The highest BCUT2D eigenvalue weighted by molar-refractivity contribution is 7.92. The molecule has 0 aliphatic heterocycles. The molecule has 1 amide bonds. The molecule has 0 atom stereocenters. The molecule has 0 aromatic heterocycles. The Morgan fingerprint density at radius 1 is 1.12 bits per heavy atom. The Morgan fingerprint density at radius 2 is 1.85 bits per heavy atom. The Kier molecular flexibility index (Phi) is 7.03. The monoisotopic (exact) mass is 376 g/mol. The molecule has 1 N–H and O–H groups in total. The molecule has 0 bridgehead atoms. The van der Waals surface area contributed by atoms with Gasteiger partial charge in [0.15, 0.2) is 0 Å². The van der Waals surface area contributed by atoms with Crippen molar-refractivity contribution in [3.8, 4) is 5.75 Å². The van der Waals surface area contributed by atoms with Crippen molar-refractivity contribution in [1.29, 1.82) is 0 Å². The maximum Gasteiger partial charge on any atom is 0.232 e. The number of hydrogen-bond acceptors (Lipinski definition) is 4. The van der Waals surface area contributed by atoms with Gasteiger partial charge in [0.1, 0.15) is 5.75 Å². The summed E-state index contributed by atoms with van der Waals surface area (Å²) < 4.78 is 30.6. The smallest absolute Gasteiger partial charge is 0.232 e. The quantitative estimate of drug-likeness (QED) is 0.730. The molecule has 26 heavy (non-hydrogen) atoms. The van der Waals surface area contributed by atoms with Crippen LogP contribution in [0.1, 0.15) is 18.4 Å². The van der Waals surface area contributed by atoms with Crippen molar-refractivity contribution < 1.29 is 17.9 Å². The lowest BCUT2D eigenvalue weighted by Crippen LogP contribution is -2.32. The van der Waals surface area contributed by atoms with E-state index in [1.165, 1.54) is 11.4 Å². The molecule has 0 spiro atoms. The average Bonchev–Trinajstić information content (AvgIpc) is 2.63. The lowest BCUT2D eigenvalue weighted by atomic mass is 10.2. The fourth-order valence-corrected chi connectivity index (χ4v) is 3.48. The van der Waals surface area contributed by atoms with Gasteiger partial charge in [-0.05, 0) is 24.1 Å². The molecule has 6 nitrogen and oxygen atoms in total. The molecular formula is C19H24N2O4S. The van der Waals surface area contributed by atoms with Crippen LogP contribution in [0.3, 0.4) is 0 Å². The Labute approximate surface area is 154 Å². The third-order valence-corrected chi connectivity index (χ3v) is 5.03. The normalized spacial score (nSPS) is 11.0. The molecule has 7 heteroatoms. The van der Waals surface area contributed by atoms with Crippen molar-refractivity contribution in [2.45, 2.75) is 19.4 Å². The van der Waals surface area contributed by atoms with Crippen molar-refractivity contribution in [2.24, 2.45) is 0 Å². The van der Waals surface area contributed by atoms with Crippen LogP contribution < -0.4 is 14.4 Å². The number of amides is 1. The van der Waals surface area contributed by atoms with Gasteiger partial charge in [0.2, 0.25) is 15.9 Å². The van der Waals surface area contributed by atoms with Gasteiger partial charge in [-0.1, -0.05) is 36.4 Å². The largest absolute Gasteiger partial charge is 0.497 e. The summed E-state index contributed by atoms with van der Waals surface area (Å²) in [5, 5.41) is 2.84. The van der Waals surface area contributed by atoms with E-state index in [1.807, 2.05) is 30.3 Å². The van der Waals surface area contributed by atoms with E-state index in [-0.39, 0.29) is 18.9 Å². The number of nitrogens with zero attached hydrogens (tertiary/aromatic N) is 1. The van der Waals surface area contributed by atoms with Gasteiger partial charge < -0.3 is 10.1 Å². The van der Waals surface area contributed by atoms with Crippen LogP contribution in [0.15, 0.2) is 54.6 Å². The lowest BCUT2D eigenvalue weighted by molar-refractivity contribution is -0.121. The van der Waals surface area contributed by atoms with Gasteiger partial charge in [-0.15, -0.1) is 0 Å². The van der Waals surface area contributed by atoms with Crippen LogP contribution >= 0.6 is 0 Å². The van der Waals surface area contributed by atoms with E-state index in [0.717, 1.165) is 11.8 Å². The number of carbonyl (C=O) groups is 1. The van der Waals surface area contributed by atoms with E-state index in [4.69, 9.17) is 4.74 Å². The number of sulfonamides is 1. The summed E-state index contributed by atoms with van der Waals surface area (Å²) >= 11 is 0. The Hall–Kier alpha value is -2.54.